The van der Waals surface area contributed by atoms with Crippen LogP contribution in [0.25, 0.3) is 0 Å². The van der Waals surface area contributed by atoms with Crippen LogP contribution < -0.4 is 5.32 Å². The number of alkyl carbamates (subject to hydrolysis) is 1. The van der Waals surface area contributed by atoms with E-state index in [-0.39, 0.29) is 23.1 Å². The number of hydrogen-bond acceptors (Lipinski definition) is 6. The van der Waals surface area contributed by atoms with Crippen LogP contribution in [0.4, 0.5) is 4.79 Å². The molecule has 0 spiro atoms. The average Bonchev–Trinajstić information content (AvgIpc) is 3.12. The summed E-state index contributed by atoms with van der Waals surface area (Å²) in [6.45, 7) is 1.77. The smallest absolute Gasteiger partial charge is 0.407 e. The molecule has 0 aliphatic carbocycles. The predicted octanol–water partition coefficient (Wildman–Crippen LogP) is 2.60. The molecule has 0 aliphatic rings. The van der Waals surface area contributed by atoms with Gasteiger partial charge in [0.05, 0.1) is 12.9 Å². The van der Waals surface area contributed by atoms with Crippen LogP contribution in [0.5, 0.6) is 0 Å². The van der Waals surface area contributed by atoms with E-state index in [2.05, 4.69) is 5.32 Å². The minimum absolute atomic E-state index is 0.118. The van der Waals surface area contributed by atoms with Crippen LogP contribution in [0.3, 0.4) is 0 Å². The molecule has 2 rings (SSSR count). The highest BCUT2D eigenvalue weighted by atomic mass is 32.2. The van der Waals surface area contributed by atoms with Gasteiger partial charge in [-0.1, -0.05) is 6.07 Å². The molecule has 1 unspecified atom stereocenters. The number of thiophene rings is 1. The molecule has 114 valence electrons. The Morgan fingerprint density at radius 2 is 2.24 bits per heavy atom. The van der Waals surface area contributed by atoms with E-state index in [1.54, 1.807) is 30.5 Å². The van der Waals surface area contributed by atoms with Crippen LogP contribution in [0.15, 0.2) is 44.5 Å². The minimum atomic E-state index is -3.64. The highest BCUT2D eigenvalue weighted by Crippen LogP contribution is 2.31. The fraction of sp³-hybridized carbons (Fsp3) is 0.308. The molecule has 2 heterocycles. The average molecular weight is 329 g/mol. The van der Waals surface area contributed by atoms with Crippen LogP contribution in [0.2, 0.25) is 0 Å². The second-order valence-corrected chi connectivity index (χ2v) is 7.39. The zero-order valence-electron chi connectivity index (χ0n) is 11.3. The molecule has 21 heavy (non-hydrogen) atoms. The molecule has 0 aliphatic heterocycles. The lowest BCUT2D eigenvalue weighted by Gasteiger charge is -2.15. The third-order valence-corrected chi connectivity index (χ3v) is 6.21. The van der Waals surface area contributed by atoms with E-state index in [4.69, 9.17) is 9.15 Å². The van der Waals surface area contributed by atoms with Gasteiger partial charge >= 0.3 is 6.09 Å². The second kappa shape index (κ2) is 6.77. The van der Waals surface area contributed by atoms with Crippen LogP contribution in [0, 0.1) is 0 Å². The number of rotatable bonds is 6. The molecule has 0 fully saturated rings. The number of nitrogens with one attached hydrogen (secondary N) is 1. The van der Waals surface area contributed by atoms with E-state index >= 15 is 0 Å². The van der Waals surface area contributed by atoms with Crippen molar-refractivity contribution in [2.75, 3.05) is 13.2 Å². The van der Waals surface area contributed by atoms with E-state index in [0.717, 1.165) is 11.3 Å². The number of hydrogen-bond donors (Lipinski definition) is 1. The highest BCUT2D eigenvalue weighted by molar-refractivity contribution is 7.93. The molecule has 2 aromatic rings. The Balaban J connectivity index is 2.23. The van der Waals surface area contributed by atoms with Gasteiger partial charge in [0, 0.05) is 6.54 Å². The largest absolute Gasteiger partial charge is 0.468 e. The summed E-state index contributed by atoms with van der Waals surface area (Å²) in [5, 5.41) is 3.14. The van der Waals surface area contributed by atoms with Crippen molar-refractivity contribution in [3.8, 4) is 0 Å². The summed E-state index contributed by atoms with van der Waals surface area (Å²) in [4.78, 5) is 11.4. The number of carbonyl (C=O) groups is 1. The fourth-order valence-electron chi connectivity index (χ4n) is 1.76. The quantitative estimate of drug-likeness (QED) is 0.880. The highest BCUT2D eigenvalue weighted by Gasteiger charge is 2.32. The van der Waals surface area contributed by atoms with Gasteiger partial charge in [0.25, 0.3) is 0 Å². The molecule has 1 amide bonds. The van der Waals surface area contributed by atoms with E-state index in [0.29, 0.717) is 0 Å². The van der Waals surface area contributed by atoms with Crippen molar-refractivity contribution in [1.29, 1.82) is 0 Å². The molecule has 8 heteroatoms. The fourth-order valence-corrected chi connectivity index (χ4v) is 4.55. The van der Waals surface area contributed by atoms with Gasteiger partial charge in [-0.05, 0) is 30.5 Å². The Morgan fingerprint density at radius 1 is 1.43 bits per heavy atom. The minimum Gasteiger partial charge on any atom is -0.468 e. The van der Waals surface area contributed by atoms with E-state index in [1.165, 1.54) is 12.3 Å². The summed E-state index contributed by atoms with van der Waals surface area (Å²) in [7, 11) is -3.64. The van der Waals surface area contributed by atoms with E-state index < -0.39 is 21.2 Å². The lowest BCUT2D eigenvalue weighted by atomic mass is 10.3. The molecule has 1 atom stereocenters. The van der Waals surface area contributed by atoms with Crippen molar-refractivity contribution < 1.29 is 22.4 Å². The summed E-state index contributed by atoms with van der Waals surface area (Å²) in [6, 6.07) is 6.37. The Labute approximate surface area is 126 Å². The summed E-state index contributed by atoms with van der Waals surface area (Å²) in [5.74, 6) is 0.278. The Hall–Kier alpha value is -1.80. The van der Waals surface area contributed by atoms with Crippen molar-refractivity contribution in [2.45, 2.75) is 16.4 Å². The molecule has 1 N–H and O–H groups in total. The molecule has 0 bridgehead atoms. The van der Waals surface area contributed by atoms with Crippen LogP contribution in [0.1, 0.15) is 17.9 Å². The van der Waals surface area contributed by atoms with Gasteiger partial charge in [0.2, 0.25) is 0 Å². The zero-order chi connectivity index (χ0) is 15.3. The SMILES string of the molecule is CCOC(=O)NCC(c1ccco1)S(=O)(=O)c1cccs1. The third-order valence-electron chi connectivity index (χ3n) is 2.72. The normalized spacial score (nSPS) is 12.8. The number of carbonyl (C=O) groups excluding carboxylic acids is 1. The van der Waals surface area contributed by atoms with Crippen molar-refractivity contribution >= 4 is 27.3 Å². The van der Waals surface area contributed by atoms with E-state index in [1.807, 2.05) is 0 Å². The van der Waals surface area contributed by atoms with Crippen LogP contribution in [-0.4, -0.2) is 27.7 Å². The molecule has 0 saturated heterocycles. The third kappa shape index (κ3) is 3.64. The predicted molar refractivity (Wildman–Crippen MR) is 78.0 cm³/mol. The first-order valence-corrected chi connectivity index (χ1v) is 8.69. The summed E-state index contributed by atoms with van der Waals surface area (Å²) in [6.07, 6.45) is 0.742. The molecule has 0 saturated carbocycles. The summed E-state index contributed by atoms with van der Waals surface area (Å²) < 4.78 is 35.4. The van der Waals surface area contributed by atoms with Gasteiger partial charge in [-0.2, -0.15) is 0 Å². The topological polar surface area (TPSA) is 85.6 Å². The van der Waals surface area contributed by atoms with Crippen molar-refractivity contribution in [1.82, 2.24) is 5.32 Å². The Morgan fingerprint density at radius 3 is 2.81 bits per heavy atom. The van der Waals surface area contributed by atoms with E-state index in [9.17, 15) is 13.2 Å². The van der Waals surface area contributed by atoms with Crippen LogP contribution >= 0.6 is 11.3 Å². The maximum atomic E-state index is 12.6. The van der Waals surface area contributed by atoms with Crippen molar-refractivity contribution in [2.24, 2.45) is 0 Å². The Bertz CT molecular complexity index is 661. The maximum Gasteiger partial charge on any atom is 0.407 e. The molecule has 6 nitrogen and oxygen atoms in total. The van der Waals surface area contributed by atoms with Gasteiger partial charge in [-0.3, -0.25) is 0 Å². The number of sulfone groups is 1. The molecule has 0 aromatic carbocycles. The van der Waals surface area contributed by atoms with Gasteiger partial charge in [0.1, 0.15) is 15.2 Å². The van der Waals surface area contributed by atoms with Crippen molar-refractivity contribution in [3.63, 3.8) is 0 Å². The van der Waals surface area contributed by atoms with Gasteiger partial charge in [0.15, 0.2) is 9.84 Å². The molecule has 0 radical (unpaired) electrons. The summed E-state index contributed by atoms with van der Waals surface area (Å²) >= 11 is 1.13. The summed E-state index contributed by atoms with van der Waals surface area (Å²) in [5.41, 5.74) is 0. The first-order chi connectivity index (χ1) is 10.1. The zero-order valence-corrected chi connectivity index (χ0v) is 12.9. The molecule has 2 aromatic heterocycles. The molecular formula is C13H15NO5S2. The van der Waals surface area contributed by atoms with Gasteiger partial charge < -0.3 is 14.5 Å². The first-order valence-electron chi connectivity index (χ1n) is 6.27. The number of amides is 1. The monoisotopic (exact) mass is 329 g/mol. The van der Waals surface area contributed by atoms with Gasteiger partial charge in [-0.25, -0.2) is 13.2 Å². The Kier molecular flexibility index (Phi) is 5.03. The first kappa shape index (κ1) is 15.6. The maximum absolute atomic E-state index is 12.6. The molecular weight excluding hydrogens is 314 g/mol. The number of furan rings is 1. The number of ether oxygens (including phenoxy) is 1. The van der Waals surface area contributed by atoms with Crippen LogP contribution in [-0.2, 0) is 14.6 Å². The second-order valence-electron chi connectivity index (χ2n) is 4.08. The van der Waals surface area contributed by atoms with Crippen molar-refractivity contribution in [3.05, 3.63) is 41.7 Å². The lowest BCUT2D eigenvalue weighted by molar-refractivity contribution is 0.152. The van der Waals surface area contributed by atoms with Gasteiger partial charge in [-0.15, -0.1) is 11.3 Å². The lowest BCUT2D eigenvalue weighted by Crippen LogP contribution is -2.32. The standard InChI is InChI=1S/C13H15NO5S2/c1-2-18-13(15)14-9-11(10-5-3-7-19-10)21(16,17)12-6-4-8-20-12/h3-8,11H,2,9H2,1H3,(H,14,15).